The zero-order valence-corrected chi connectivity index (χ0v) is 10.2. The molecule has 0 fully saturated rings. The Hall–Kier alpha value is -1.88. The predicted octanol–water partition coefficient (Wildman–Crippen LogP) is 2.87. The van der Waals surface area contributed by atoms with Gasteiger partial charge in [0.1, 0.15) is 5.01 Å². The average Bonchev–Trinajstić information content (AvgIpc) is 2.93. The second-order valence-corrected chi connectivity index (χ2v) is 4.99. The van der Waals surface area contributed by atoms with Crippen LogP contribution in [0.5, 0.6) is 0 Å². The summed E-state index contributed by atoms with van der Waals surface area (Å²) in [4.78, 5) is 0. The van der Waals surface area contributed by atoms with E-state index in [1.54, 1.807) is 11.3 Å². The summed E-state index contributed by atoms with van der Waals surface area (Å²) in [6.45, 7) is 2.66. The van der Waals surface area contributed by atoms with Crippen LogP contribution in [0.4, 0.5) is 5.13 Å². The number of hydrogen-bond donors (Lipinski definition) is 1. The number of aromatic nitrogens is 3. The fourth-order valence-corrected chi connectivity index (χ4v) is 2.38. The Bertz CT molecular complexity index is 641. The number of nitrogens with one attached hydrogen (secondary N) is 1. The van der Waals surface area contributed by atoms with Gasteiger partial charge in [-0.15, -0.1) is 10.2 Å². The van der Waals surface area contributed by atoms with Gasteiger partial charge in [-0.3, -0.25) is 0 Å². The van der Waals surface area contributed by atoms with Gasteiger partial charge in [0, 0.05) is 11.7 Å². The molecule has 0 aliphatic carbocycles. The van der Waals surface area contributed by atoms with Gasteiger partial charge in [0.25, 0.3) is 0 Å². The van der Waals surface area contributed by atoms with E-state index in [4.69, 9.17) is 0 Å². The van der Waals surface area contributed by atoms with Crippen molar-refractivity contribution in [2.75, 3.05) is 5.32 Å². The molecule has 17 heavy (non-hydrogen) atoms. The van der Waals surface area contributed by atoms with Gasteiger partial charge in [0.05, 0.1) is 6.67 Å². The topological polar surface area (TPSA) is 42.7 Å². The fourth-order valence-electron chi connectivity index (χ4n) is 1.80. The first-order valence-corrected chi connectivity index (χ1v) is 6.22. The molecule has 0 aliphatic rings. The second-order valence-electron chi connectivity index (χ2n) is 3.81. The van der Waals surface area contributed by atoms with Gasteiger partial charge in [-0.05, 0) is 24.4 Å². The maximum atomic E-state index is 4.04. The van der Waals surface area contributed by atoms with Crippen LogP contribution in [0.3, 0.4) is 0 Å². The summed E-state index contributed by atoms with van der Waals surface area (Å²) < 4.78 is 2.16. The normalized spacial score (nSPS) is 10.9. The Kier molecular flexibility index (Phi) is 2.53. The predicted molar refractivity (Wildman–Crippen MR) is 70.2 cm³/mol. The Morgan fingerprint density at radius 1 is 1.24 bits per heavy atom. The van der Waals surface area contributed by atoms with Crippen LogP contribution >= 0.6 is 11.3 Å². The zero-order chi connectivity index (χ0) is 11.7. The van der Waals surface area contributed by atoms with Crippen LogP contribution in [0.15, 0.2) is 36.5 Å². The first kappa shape index (κ1) is 10.3. The number of nitrogens with zero attached hydrogens (tertiary/aromatic N) is 3. The lowest BCUT2D eigenvalue weighted by molar-refractivity contribution is 0.806. The van der Waals surface area contributed by atoms with Crippen molar-refractivity contribution >= 4 is 27.4 Å². The van der Waals surface area contributed by atoms with E-state index in [9.17, 15) is 0 Å². The smallest absolute Gasteiger partial charge is 0.207 e. The lowest BCUT2D eigenvalue weighted by atomic mass is 10.2. The Morgan fingerprint density at radius 3 is 2.94 bits per heavy atom. The lowest BCUT2D eigenvalue weighted by Crippen LogP contribution is -2.06. The summed E-state index contributed by atoms with van der Waals surface area (Å²) in [7, 11) is 0. The zero-order valence-electron chi connectivity index (χ0n) is 9.42. The SMILES string of the molecule is Cc1nnc(NCn2ccc3ccccc32)s1. The molecular weight excluding hydrogens is 232 g/mol. The molecule has 1 N–H and O–H groups in total. The van der Waals surface area contributed by atoms with Gasteiger partial charge in [-0.25, -0.2) is 0 Å². The summed E-state index contributed by atoms with van der Waals surface area (Å²) in [5.74, 6) is 0. The van der Waals surface area contributed by atoms with Crippen LogP contribution in [-0.2, 0) is 6.67 Å². The highest BCUT2D eigenvalue weighted by Crippen LogP contribution is 2.17. The third-order valence-electron chi connectivity index (χ3n) is 2.61. The highest BCUT2D eigenvalue weighted by Gasteiger charge is 2.01. The summed E-state index contributed by atoms with van der Waals surface area (Å²) >= 11 is 1.57. The molecule has 4 nitrogen and oxygen atoms in total. The van der Waals surface area contributed by atoms with Gasteiger partial charge in [-0.1, -0.05) is 29.5 Å². The molecule has 0 radical (unpaired) electrons. The van der Waals surface area contributed by atoms with Gasteiger partial charge in [0.15, 0.2) is 0 Å². The van der Waals surface area contributed by atoms with Gasteiger partial charge < -0.3 is 9.88 Å². The molecule has 0 saturated heterocycles. The van der Waals surface area contributed by atoms with E-state index in [1.165, 1.54) is 10.9 Å². The lowest BCUT2D eigenvalue weighted by Gasteiger charge is -2.05. The molecule has 1 aromatic carbocycles. The largest absolute Gasteiger partial charge is 0.342 e. The minimum atomic E-state index is 0.710. The molecule has 0 aliphatic heterocycles. The fraction of sp³-hybridized carbons (Fsp3) is 0.167. The monoisotopic (exact) mass is 244 g/mol. The average molecular weight is 244 g/mol. The summed E-state index contributed by atoms with van der Waals surface area (Å²) in [5, 5.41) is 14.4. The van der Waals surface area contributed by atoms with Crippen molar-refractivity contribution in [2.45, 2.75) is 13.6 Å². The molecule has 3 aromatic rings. The van der Waals surface area contributed by atoms with Crippen LogP contribution < -0.4 is 5.32 Å². The van der Waals surface area contributed by atoms with Crippen molar-refractivity contribution in [3.05, 3.63) is 41.5 Å². The minimum absolute atomic E-state index is 0.710. The highest BCUT2D eigenvalue weighted by atomic mass is 32.1. The highest BCUT2D eigenvalue weighted by molar-refractivity contribution is 7.15. The first-order valence-electron chi connectivity index (χ1n) is 5.41. The Balaban J connectivity index is 1.81. The standard InChI is InChI=1S/C12H12N4S/c1-9-14-15-12(17-9)13-8-16-7-6-10-4-2-3-5-11(10)16/h2-7H,8H2,1H3,(H,13,15). The molecule has 2 aromatic heterocycles. The summed E-state index contributed by atoms with van der Waals surface area (Å²) in [5.41, 5.74) is 1.22. The van der Waals surface area contributed by atoms with Crippen LogP contribution in [0.25, 0.3) is 10.9 Å². The van der Waals surface area contributed by atoms with E-state index < -0.39 is 0 Å². The molecule has 0 unspecified atom stereocenters. The number of aryl methyl sites for hydroxylation is 1. The minimum Gasteiger partial charge on any atom is -0.342 e. The molecule has 0 bridgehead atoms. The van der Waals surface area contributed by atoms with Crippen LogP contribution in [-0.4, -0.2) is 14.8 Å². The number of rotatable bonds is 3. The number of hydrogen-bond acceptors (Lipinski definition) is 4. The van der Waals surface area contributed by atoms with Crippen molar-refractivity contribution < 1.29 is 0 Å². The maximum Gasteiger partial charge on any atom is 0.207 e. The van der Waals surface area contributed by atoms with Crippen molar-refractivity contribution in [1.82, 2.24) is 14.8 Å². The van der Waals surface area contributed by atoms with E-state index in [-0.39, 0.29) is 0 Å². The molecular formula is C12H12N4S. The Morgan fingerprint density at radius 2 is 2.12 bits per heavy atom. The van der Waals surface area contributed by atoms with E-state index in [1.807, 2.05) is 19.1 Å². The van der Waals surface area contributed by atoms with Gasteiger partial charge in [-0.2, -0.15) is 0 Å². The quantitative estimate of drug-likeness (QED) is 0.770. The van der Waals surface area contributed by atoms with Crippen LogP contribution in [0.1, 0.15) is 5.01 Å². The second kappa shape index (κ2) is 4.18. The van der Waals surface area contributed by atoms with E-state index in [0.717, 1.165) is 10.1 Å². The van der Waals surface area contributed by atoms with Crippen molar-refractivity contribution in [1.29, 1.82) is 0 Å². The van der Waals surface area contributed by atoms with E-state index >= 15 is 0 Å². The third kappa shape index (κ3) is 2.01. The molecule has 2 heterocycles. The van der Waals surface area contributed by atoms with Crippen LogP contribution in [0.2, 0.25) is 0 Å². The number of para-hydroxylation sites is 1. The molecule has 0 atom stereocenters. The van der Waals surface area contributed by atoms with Crippen molar-refractivity contribution in [2.24, 2.45) is 0 Å². The number of anilines is 1. The molecule has 0 saturated carbocycles. The number of fused-ring (bicyclic) bond motifs is 1. The van der Waals surface area contributed by atoms with Crippen molar-refractivity contribution in [3.8, 4) is 0 Å². The van der Waals surface area contributed by atoms with Crippen molar-refractivity contribution in [3.63, 3.8) is 0 Å². The third-order valence-corrected chi connectivity index (χ3v) is 3.40. The summed E-state index contributed by atoms with van der Waals surface area (Å²) in [6.07, 6.45) is 2.07. The van der Waals surface area contributed by atoms with Gasteiger partial charge >= 0.3 is 0 Å². The van der Waals surface area contributed by atoms with Gasteiger partial charge in [0.2, 0.25) is 5.13 Å². The van der Waals surface area contributed by atoms with Crippen LogP contribution in [0, 0.1) is 6.92 Å². The molecule has 0 spiro atoms. The van der Waals surface area contributed by atoms with E-state index in [0.29, 0.717) is 6.67 Å². The number of benzene rings is 1. The maximum absolute atomic E-state index is 4.04. The molecule has 0 amide bonds. The molecule has 5 heteroatoms. The van der Waals surface area contributed by atoms with E-state index in [2.05, 4.69) is 44.5 Å². The first-order chi connectivity index (χ1) is 8.33. The molecule has 86 valence electrons. The summed E-state index contributed by atoms with van der Waals surface area (Å²) in [6, 6.07) is 10.4. The Labute approximate surface area is 103 Å². The molecule has 3 rings (SSSR count).